The molecule has 3 rings (SSSR count). The highest BCUT2D eigenvalue weighted by atomic mass is 32.2. The van der Waals surface area contributed by atoms with Crippen molar-refractivity contribution in [3.8, 4) is 11.5 Å². The number of carbonyl (C=O) groups excluding carboxylic acids is 1. The monoisotopic (exact) mass is 357 g/mol. The molecular weight excluding hydrogens is 341 g/mol. The molecule has 2 aromatic heterocycles. The Kier molecular flexibility index (Phi) is 5.73. The molecular formula is C17H16FN5OS. The summed E-state index contributed by atoms with van der Waals surface area (Å²) in [7, 11) is 0. The molecule has 0 radical (unpaired) electrons. The van der Waals surface area contributed by atoms with Gasteiger partial charge in [0.25, 0.3) is 0 Å². The number of aromatic nitrogens is 4. The zero-order chi connectivity index (χ0) is 17.5. The molecule has 0 bridgehead atoms. The van der Waals surface area contributed by atoms with Crippen LogP contribution in [-0.2, 0) is 11.3 Å². The summed E-state index contributed by atoms with van der Waals surface area (Å²) in [5.41, 5.74) is 0.686. The normalized spacial score (nSPS) is 10.6. The van der Waals surface area contributed by atoms with Gasteiger partial charge in [-0.2, -0.15) is 0 Å². The number of hydrogen-bond donors (Lipinski definition) is 1. The summed E-state index contributed by atoms with van der Waals surface area (Å²) >= 11 is 1.37. The lowest BCUT2D eigenvalue weighted by molar-refractivity contribution is -0.118. The van der Waals surface area contributed by atoms with E-state index >= 15 is 0 Å². The van der Waals surface area contributed by atoms with Crippen molar-refractivity contribution < 1.29 is 9.18 Å². The van der Waals surface area contributed by atoms with E-state index in [0.29, 0.717) is 24.6 Å². The molecule has 2 heterocycles. The van der Waals surface area contributed by atoms with Gasteiger partial charge in [0, 0.05) is 42.8 Å². The zero-order valence-electron chi connectivity index (χ0n) is 13.3. The molecule has 1 amide bonds. The van der Waals surface area contributed by atoms with Gasteiger partial charge in [-0.15, -0.1) is 11.8 Å². The Bertz CT molecular complexity index is 823. The summed E-state index contributed by atoms with van der Waals surface area (Å²) in [5, 5.41) is 2.86. The van der Waals surface area contributed by atoms with E-state index in [9.17, 15) is 9.18 Å². The number of nitrogens with one attached hydrogen (secondary N) is 1. The van der Waals surface area contributed by atoms with Crippen molar-refractivity contribution in [3.63, 3.8) is 0 Å². The maximum absolute atomic E-state index is 12.8. The smallest absolute Gasteiger partial charge is 0.230 e. The third-order valence-electron chi connectivity index (χ3n) is 3.37. The lowest BCUT2D eigenvalue weighted by atomic mass is 10.4. The van der Waals surface area contributed by atoms with Crippen LogP contribution < -0.4 is 5.32 Å². The molecule has 0 unspecified atom stereocenters. The summed E-state index contributed by atoms with van der Waals surface area (Å²) in [6.45, 7) is 1.06. The first kappa shape index (κ1) is 17.1. The molecule has 0 aliphatic carbocycles. The average Bonchev–Trinajstić information content (AvgIpc) is 3.10. The van der Waals surface area contributed by atoms with Crippen LogP contribution in [0.3, 0.4) is 0 Å². The van der Waals surface area contributed by atoms with Gasteiger partial charge in [0.05, 0.1) is 11.9 Å². The fourth-order valence-corrected chi connectivity index (χ4v) is 2.91. The highest BCUT2D eigenvalue weighted by molar-refractivity contribution is 8.00. The van der Waals surface area contributed by atoms with Crippen molar-refractivity contribution in [1.29, 1.82) is 0 Å². The molecule has 0 aliphatic rings. The number of imidazole rings is 1. The van der Waals surface area contributed by atoms with Crippen molar-refractivity contribution in [2.45, 2.75) is 11.4 Å². The Morgan fingerprint density at radius 1 is 1.16 bits per heavy atom. The van der Waals surface area contributed by atoms with Crippen LogP contribution in [0.2, 0.25) is 0 Å². The summed E-state index contributed by atoms with van der Waals surface area (Å²) < 4.78 is 14.8. The van der Waals surface area contributed by atoms with Gasteiger partial charge in [-0.05, 0) is 24.3 Å². The van der Waals surface area contributed by atoms with Crippen molar-refractivity contribution in [2.75, 3.05) is 12.3 Å². The molecule has 128 valence electrons. The van der Waals surface area contributed by atoms with Crippen LogP contribution in [0.25, 0.3) is 11.5 Å². The lowest BCUT2D eigenvalue weighted by Crippen LogP contribution is -2.28. The fraction of sp³-hybridized carbons (Fsp3) is 0.176. The minimum Gasteiger partial charge on any atom is -0.354 e. The SMILES string of the molecule is O=C(CSc1ccc(F)cc1)NCCn1ccnc1-c1cnccn1. The first-order valence-corrected chi connectivity index (χ1v) is 8.63. The number of carbonyl (C=O) groups is 1. The lowest BCUT2D eigenvalue weighted by Gasteiger charge is -2.08. The Labute approximate surface area is 148 Å². The summed E-state index contributed by atoms with van der Waals surface area (Å²) in [4.78, 5) is 25.3. The van der Waals surface area contributed by atoms with Crippen molar-refractivity contribution >= 4 is 17.7 Å². The standard InChI is InChI=1S/C17H16FN5OS/c18-13-1-3-14(4-2-13)25-12-16(24)21-7-9-23-10-8-22-17(23)15-11-19-5-6-20-15/h1-6,8,10-11H,7,9,12H2,(H,21,24). The van der Waals surface area contributed by atoms with Crippen LogP contribution in [0.15, 0.2) is 60.1 Å². The summed E-state index contributed by atoms with van der Waals surface area (Å²) in [5.74, 6) is 0.638. The van der Waals surface area contributed by atoms with Crippen LogP contribution >= 0.6 is 11.8 Å². The molecule has 8 heteroatoms. The highest BCUT2D eigenvalue weighted by Gasteiger charge is 2.08. The predicted octanol–water partition coefficient (Wildman–Crippen LogP) is 2.39. The van der Waals surface area contributed by atoms with Crippen LogP contribution in [0.1, 0.15) is 0 Å². The van der Waals surface area contributed by atoms with Crippen LogP contribution in [0.4, 0.5) is 4.39 Å². The van der Waals surface area contributed by atoms with Gasteiger partial charge < -0.3 is 9.88 Å². The molecule has 0 fully saturated rings. The van der Waals surface area contributed by atoms with Crippen molar-refractivity contribution in [1.82, 2.24) is 24.8 Å². The number of thioether (sulfide) groups is 1. The molecule has 0 atom stereocenters. The minimum absolute atomic E-state index is 0.0736. The number of hydrogen-bond acceptors (Lipinski definition) is 5. The van der Waals surface area contributed by atoms with E-state index in [-0.39, 0.29) is 17.5 Å². The molecule has 0 saturated carbocycles. The maximum Gasteiger partial charge on any atom is 0.230 e. The summed E-state index contributed by atoms with van der Waals surface area (Å²) in [6, 6.07) is 6.08. The van der Waals surface area contributed by atoms with Gasteiger partial charge in [-0.1, -0.05) is 0 Å². The Morgan fingerprint density at radius 3 is 2.76 bits per heavy atom. The largest absolute Gasteiger partial charge is 0.354 e. The van der Waals surface area contributed by atoms with E-state index in [1.165, 1.54) is 23.9 Å². The topological polar surface area (TPSA) is 72.7 Å². The highest BCUT2D eigenvalue weighted by Crippen LogP contribution is 2.17. The summed E-state index contributed by atoms with van der Waals surface area (Å²) in [6.07, 6.45) is 8.40. The van der Waals surface area contributed by atoms with E-state index < -0.39 is 0 Å². The van der Waals surface area contributed by atoms with Gasteiger partial charge in [0.1, 0.15) is 11.5 Å². The predicted molar refractivity (Wildman–Crippen MR) is 93.4 cm³/mol. The third kappa shape index (κ3) is 4.87. The van der Waals surface area contributed by atoms with E-state index in [1.54, 1.807) is 36.9 Å². The third-order valence-corrected chi connectivity index (χ3v) is 4.38. The number of halogens is 1. The van der Waals surface area contributed by atoms with Gasteiger partial charge in [-0.3, -0.25) is 9.78 Å². The molecule has 1 N–H and O–H groups in total. The molecule has 1 aromatic carbocycles. The number of rotatable bonds is 7. The molecule has 25 heavy (non-hydrogen) atoms. The van der Waals surface area contributed by atoms with E-state index in [4.69, 9.17) is 0 Å². The average molecular weight is 357 g/mol. The first-order valence-electron chi connectivity index (χ1n) is 7.65. The Hall–Kier alpha value is -2.74. The second kappa shape index (κ2) is 8.39. The van der Waals surface area contributed by atoms with E-state index in [2.05, 4.69) is 20.3 Å². The minimum atomic E-state index is -0.284. The fourth-order valence-electron chi connectivity index (χ4n) is 2.18. The number of amides is 1. The molecule has 3 aromatic rings. The molecule has 6 nitrogen and oxygen atoms in total. The van der Waals surface area contributed by atoms with Crippen LogP contribution in [-0.4, -0.2) is 37.7 Å². The quantitative estimate of drug-likeness (QED) is 0.657. The molecule has 0 saturated heterocycles. The Morgan fingerprint density at radius 2 is 2.00 bits per heavy atom. The second-order valence-electron chi connectivity index (χ2n) is 5.13. The maximum atomic E-state index is 12.8. The number of benzene rings is 1. The van der Waals surface area contributed by atoms with Gasteiger partial charge in [0.15, 0.2) is 5.82 Å². The zero-order valence-corrected chi connectivity index (χ0v) is 14.1. The van der Waals surface area contributed by atoms with Gasteiger partial charge >= 0.3 is 0 Å². The number of nitrogens with zero attached hydrogens (tertiary/aromatic N) is 4. The van der Waals surface area contributed by atoms with Gasteiger partial charge in [0.2, 0.25) is 5.91 Å². The van der Waals surface area contributed by atoms with Crippen LogP contribution in [0, 0.1) is 5.82 Å². The van der Waals surface area contributed by atoms with E-state index in [1.807, 2.05) is 10.8 Å². The molecule has 0 spiro atoms. The van der Waals surface area contributed by atoms with E-state index in [0.717, 1.165) is 4.90 Å². The van der Waals surface area contributed by atoms with Crippen molar-refractivity contribution in [3.05, 3.63) is 61.1 Å². The molecule has 0 aliphatic heterocycles. The Balaban J connectivity index is 1.46. The second-order valence-corrected chi connectivity index (χ2v) is 6.18. The van der Waals surface area contributed by atoms with Crippen LogP contribution in [0.5, 0.6) is 0 Å². The van der Waals surface area contributed by atoms with Crippen molar-refractivity contribution in [2.24, 2.45) is 0 Å². The van der Waals surface area contributed by atoms with Gasteiger partial charge in [-0.25, -0.2) is 14.4 Å². The first-order chi connectivity index (χ1) is 12.2.